The molecule has 1 unspecified atom stereocenters. The summed E-state index contributed by atoms with van der Waals surface area (Å²) in [5.74, 6) is -4.20. The molecule has 0 aliphatic carbocycles. The van der Waals surface area contributed by atoms with Crippen LogP contribution in [0.15, 0.2) is 53.7 Å². The summed E-state index contributed by atoms with van der Waals surface area (Å²) in [6.45, 7) is 2.91. The predicted molar refractivity (Wildman–Crippen MR) is 160 cm³/mol. The maximum absolute atomic E-state index is 12.6. The van der Waals surface area contributed by atoms with Gasteiger partial charge in [-0.15, -0.1) is 0 Å². The first-order chi connectivity index (χ1) is 20.5. The highest BCUT2D eigenvalue weighted by Crippen LogP contribution is 2.35. The molecule has 0 saturated heterocycles. The van der Waals surface area contributed by atoms with E-state index in [0.29, 0.717) is 5.56 Å². The van der Waals surface area contributed by atoms with E-state index in [4.69, 9.17) is 25.8 Å². The molecule has 0 spiro atoms. The molecule has 1 aromatic carbocycles. The van der Waals surface area contributed by atoms with Crippen LogP contribution in [0.2, 0.25) is 0 Å². The maximum atomic E-state index is 12.6. The smallest absolute Gasteiger partial charge is 0.411 e. The van der Waals surface area contributed by atoms with Crippen LogP contribution in [-0.4, -0.2) is 102 Å². The molecular weight excluding hydrogens is 622 g/mol. The van der Waals surface area contributed by atoms with E-state index in [0.717, 1.165) is 31.4 Å². The number of aromatic nitrogens is 1. The summed E-state index contributed by atoms with van der Waals surface area (Å²) in [5.41, 5.74) is 5.02. The minimum absolute atomic E-state index is 0.0151. The molecule has 2 aromatic rings. The number of carbonyl (C=O) groups excluding carboxylic acids is 2. The van der Waals surface area contributed by atoms with Crippen molar-refractivity contribution in [2.24, 2.45) is 5.73 Å². The molecule has 5 N–H and O–H groups in total. The van der Waals surface area contributed by atoms with Gasteiger partial charge in [-0.2, -0.15) is 0 Å². The number of benzene rings is 1. The van der Waals surface area contributed by atoms with Crippen molar-refractivity contribution in [3.05, 3.63) is 64.3 Å². The summed E-state index contributed by atoms with van der Waals surface area (Å²) in [5, 5.41) is 37.5. The van der Waals surface area contributed by atoms with Gasteiger partial charge in [-0.25, -0.2) is 9.78 Å². The Balaban J connectivity index is 0.000000488. The lowest BCUT2D eigenvalue weighted by atomic mass is 10.2. The molecule has 18 heteroatoms. The van der Waals surface area contributed by atoms with Crippen LogP contribution in [0.5, 0.6) is 0 Å². The number of nitro groups is 1. The molecule has 16 nitrogen and oxygen atoms in total. The second-order valence-electron chi connectivity index (χ2n) is 9.76. The summed E-state index contributed by atoms with van der Waals surface area (Å²) in [6.07, 6.45) is 0.473. The van der Waals surface area contributed by atoms with Gasteiger partial charge in [-0.05, 0) is 43.2 Å². The van der Waals surface area contributed by atoms with Crippen molar-refractivity contribution in [3.8, 4) is 0 Å². The van der Waals surface area contributed by atoms with Crippen LogP contribution in [0.3, 0.4) is 0 Å². The average molecular weight is 656 g/mol. The van der Waals surface area contributed by atoms with Crippen LogP contribution in [0.4, 0.5) is 10.5 Å². The number of rotatable bonds is 14. The Hall–Kier alpha value is -4.42. The Bertz CT molecular complexity index is 1310. The SMILES string of the molecule is CC(C)(C)OC(=O)N(CC(=O)O)CC(=O)N(CC(=O)O)Cc1ccccc1.NC(CSSc1ncccc1[N+](=O)[O-])C(=O)O. The number of ether oxygens (including phenoxy) is 1. The van der Waals surface area contributed by atoms with E-state index < -0.39 is 66.1 Å². The zero-order chi connectivity index (χ0) is 33.4. The van der Waals surface area contributed by atoms with Crippen LogP contribution in [0.1, 0.15) is 26.3 Å². The molecule has 1 atom stereocenters. The lowest BCUT2D eigenvalue weighted by molar-refractivity contribution is -0.388. The molecule has 2 amide bonds. The third-order valence-electron chi connectivity index (χ3n) is 4.85. The molecule has 44 heavy (non-hydrogen) atoms. The number of hydrogen-bond donors (Lipinski definition) is 4. The Labute approximate surface area is 260 Å². The van der Waals surface area contributed by atoms with E-state index in [1.165, 1.54) is 18.3 Å². The first kappa shape index (κ1) is 37.6. The highest BCUT2D eigenvalue weighted by molar-refractivity contribution is 8.76. The normalized spacial score (nSPS) is 11.3. The highest BCUT2D eigenvalue weighted by Gasteiger charge is 2.28. The molecule has 0 aliphatic heterocycles. The number of nitrogens with two attached hydrogens (primary N) is 1. The number of hydrogen-bond acceptors (Lipinski definition) is 12. The summed E-state index contributed by atoms with van der Waals surface area (Å²) < 4.78 is 5.12. The van der Waals surface area contributed by atoms with Crippen molar-refractivity contribution in [2.45, 2.75) is 44.0 Å². The lowest BCUT2D eigenvalue weighted by Crippen LogP contribution is -2.47. The number of carbonyl (C=O) groups is 5. The molecule has 0 radical (unpaired) electrons. The molecule has 0 aliphatic rings. The topological polar surface area (TPSA) is 244 Å². The van der Waals surface area contributed by atoms with Gasteiger partial charge in [0.05, 0.1) is 4.92 Å². The fourth-order valence-electron chi connectivity index (χ4n) is 2.96. The quantitative estimate of drug-likeness (QED) is 0.130. The van der Waals surface area contributed by atoms with Crippen LogP contribution in [0.25, 0.3) is 0 Å². The zero-order valence-corrected chi connectivity index (χ0v) is 25.7. The summed E-state index contributed by atoms with van der Waals surface area (Å²) >= 11 is 0. The number of aliphatic carboxylic acids is 3. The number of amides is 2. The van der Waals surface area contributed by atoms with Crippen LogP contribution in [-0.2, 0) is 30.5 Å². The molecule has 1 heterocycles. The Morgan fingerprint density at radius 1 is 0.977 bits per heavy atom. The van der Waals surface area contributed by atoms with Gasteiger partial charge in [0.15, 0.2) is 5.03 Å². The van der Waals surface area contributed by atoms with Crippen molar-refractivity contribution in [3.63, 3.8) is 0 Å². The Morgan fingerprint density at radius 3 is 2.09 bits per heavy atom. The van der Waals surface area contributed by atoms with E-state index >= 15 is 0 Å². The third kappa shape index (κ3) is 15.2. The standard InChI is InChI=1S/C18H24N2O7.C8H9N3O4S2/c1-18(2,3)27-17(26)20(12-16(24)25)10-14(21)19(11-15(22)23)9-13-7-5-4-6-8-13;9-5(8(12)13)4-16-17-7-6(11(14)15)2-1-3-10-7/h4-8H,9-12H2,1-3H3,(H,22,23)(H,24,25);1-3,5H,4,9H2,(H,12,13). The molecular formula is C26H33N5O11S2. The van der Waals surface area contributed by atoms with Gasteiger partial charge in [-0.1, -0.05) is 41.1 Å². The number of pyridine rings is 1. The van der Waals surface area contributed by atoms with Gasteiger partial charge in [-0.3, -0.25) is 34.2 Å². The Morgan fingerprint density at radius 2 is 1.57 bits per heavy atom. The minimum atomic E-state index is -1.32. The number of nitrogens with zero attached hydrogens (tertiary/aromatic N) is 4. The molecule has 240 valence electrons. The first-order valence-electron chi connectivity index (χ1n) is 12.6. The van der Waals surface area contributed by atoms with Crippen LogP contribution < -0.4 is 5.73 Å². The van der Waals surface area contributed by atoms with Gasteiger partial charge >= 0.3 is 29.7 Å². The van der Waals surface area contributed by atoms with E-state index in [1.807, 2.05) is 0 Å². The number of carboxylic acid groups (broad SMARTS) is 3. The largest absolute Gasteiger partial charge is 0.480 e. The molecule has 0 bridgehead atoms. The van der Waals surface area contributed by atoms with Crippen molar-refractivity contribution in [1.29, 1.82) is 0 Å². The first-order valence-corrected chi connectivity index (χ1v) is 14.9. The fourth-order valence-corrected chi connectivity index (χ4v) is 5.12. The van der Waals surface area contributed by atoms with Crippen molar-refractivity contribution in [1.82, 2.24) is 14.8 Å². The minimum Gasteiger partial charge on any atom is -0.480 e. The van der Waals surface area contributed by atoms with E-state index in [9.17, 15) is 34.1 Å². The van der Waals surface area contributed by atoms with Crippen LogP contribution >= 0.6 is 21.6 Å². The van der Waals surface area contributed by atoms with Crippen molar-refractivity contribution < 1.29 is 49.0 Å². The van der Waals surface area contributed by atoms with Gasteiger partial charge in [0.25, 0.3) is 0 Å². The van der Waals surface area contributed by atoms with E-state index in [2.05, 4.69) is 4.98 Å². The zero-order valence-electron chi connectivity index (χ0n) is 24.0. The monoisotopic (exact) mass is 655 g/mol. The highest BCUT2D eigenvalue weighted by atomic mass is 33.1. The van der Waals surface area contributed by atoms with Gasteiger partial charge in [0.2, 0.25) is 5.91 Å². The summed E-state index contributed by atoms with van der Waals surface area (Å²) in [4.78, 5) is 73.1. The third-order valence-corrected chi connectivity index (χ3v) is 7.17. The molecule has 1 aromatic heterocycles. The van der Waals surface area contributed by atoms with Crippen LogP contribution in [0, 0.1) is 10.1 Å². The Kier molecular flexibility index (Phi) is 15.6. The van der Waals surface area contributed by atoms with Gasteiger partial charge in [0.1, 0.15) is 31.3 Å². The molecule has 0 fully saturated rings. The summed E-state index contributed by atoms with van der Waals surface area (Å²) in [6, 6.07) is 10.5. The second-order valence-corrected chi connectivity index (χ2v) is 12.1. The van der Waals surface area contributed by atoms with Crippen molar-refractivity contribution in [2.75, 3.05) is 25.4 Å². The molecule has 2 rings (SSSR count). The van der Waals surface area contributed by atoms with Gasteiger partial charge < -0.3 is 30.7 Å². The molecule has 0 saturated carbocycles. The van der Waals surface area contributed by atoms with Crippen molar-refractivity contribution >= 4 is 57.2 Å². The average Bonchev–Trinajstić information content (AvgIpc) is 2.92. The number of carboxylic acids is 3. The second kappa shape index (κ2) is 18.3. The maximum Gasteiger partial charge on any atom is 0.411 e. The predicted octanol–water partition coefficient (Wildman–Crippen LogP) is 2.56. The lowest BCUT2D eigenvalue weighted by Gasteiger charge is -2.28. The van der Waals surface area contributed by atoms with Gasteiger partial charge in [0, 0.05) is 24.6 Å². The summed E-state index contributed by atoms with van der Waals surface area (Å²) in [7, 11) is 2.16. The van der Waals surface area contributed by atoms with E-state index in [-0.39, 0.29) is 23.0 Å². The fraction of sp³-hybridized carbons (Fsp3) is 0.385. The van der Waals surface area contributed by atoms with E-state index in [1.54, 1.807) is 51.1 Å².